The van der Waals surface area contributed by atoms with E-state index in [-0.39, 0.29) is 0 Å². The van der Waals surface area contributed by atoms with E-state index in [1.807, 2.05) is 40.5 Å². The molecule has 0 aliphatic heterocycles. The maximum Gasteiger partial charge on any atom is 0.191 e. The van der Waals surface area contributed by atoms with Crippen LogP contribution >= 0.6 is 23.4 Å². The van der Waals surface area contributed by atoms with Crippen molar-refractivity contribution in [2.45, 2.75) is 17.5 Å². The Hall–Kier alpha value is -1.57. The molecule has 0 bridgehead atoms. The molecule has 0 spiro atoms. The van der Waals surface area contributed by atoms with Crippen molar-refractivity contribution in [3.8, 4) is 0 Å². The van der Waals surface area contributed by atoms with Gasteiger partial charge in [-0.2, -0.15) is 0 Å². The number of rotatable bonds is 4. The van der Waals surface area contributed by atoms with Crippen LogP contribution in [0.5, 0.6) is 0 Å². The molecule has 3 rings (SSSR count). The Morgan fingerprint density at radius 1 is 1.30 bits per heavy atom. The van der Waals surface area contributed by atoms with E-state index in [0.717, 1.165) is 28.1 Å². The molecule has 3 heterocycles. The molecule has 0 unspecified atom stereocenters. The summed E-state index contributed by atoms with van der Waals surface area (Å²) in [4.78, 5) is 4.53. The number of hydrogen-bond donors (Lipinski definition) is 1. The normalized spacial score (nSPS) is 11.3. The smallest absolute Gasteiger partial charge is 0.191 e. The van der Waals surface area contributed by atoms with Crippen molar-refractivity contribution in [1.29, 1.82) is 0 Å². The SMILES string of the molecule is Cn1c(CN)nnc1SCc1cn2cc(Cl)ccc2n1. The quantitative estimate of drug-likeness (QED) is 0.745. The first-order valence-corrected chi connectivity index (χ1v) is 7.38. The largest absolute Gasteiger partial charge is 0.324 e. The third kappa shape index (κ3) is 2.52. The summed E-state index contributed by atoms with van der Waals surface area (Å²) in [6.45, 7) is 0.386. The lowest BCUT2D eigenvalue weighted by Crippen LogP contribution is -2.05. The predicted molar refractivity (Wildman–Crippen MR) is 78.7 cm³/mol. The van der Waals surface area contributed by atoms with Gasteiger partial charge in [-0.1, -0.05) is 23.4 Å². The zero-order chi connectivity index (χ0) is 14.1. The minimum atomic E-state index is 0.386. The Bertz CT molecular complexity index is 750. The molecule has 20 heavy (non-hydrogen) atoms. The summed E-state index contributed by atoms with van der Waals surface area (Å²) in [7, 11) is 1.91. The first-order chi connectivity index (χ1) is 9.67. The van der Waals surface area contributed by atoms with Gasteiger partial charge in [-0.05, 0) is 12.1 Å². The van der Waals surface area contributed by atoms with Crippen molar-refractivity contribution in [2.24, 2.45) is 12.8 Å². The fraction of sp³-hybridized carbons (Fsp3) is 0.250. The molecule has 3 aromatic heterocycles. The summed E-state index contributed by atoms with van der Waals surface area (Å²) in [5, 5.41) is 9.66. The molecular weight excluding hydrogens is 296 g/mol. The van der Waals surface area contributed by atoms with Gasteiger partial charge in [0.15, 0.2) is 5.16 Å². The highest BCUT2D eigenvalue weighted by atomic mass is 35.5. The highest BCUT2D eigenvalue weighted by Gasteiger charge is 2.09. The van der Waals surface area contributed by atoms with Gasteiger partial charge in [-0.25, -0.2) is 4.98 Å². The highest BCUT2D eigenvalue weighted by molar-refractivity contribution is 7.98. The number of nitrogens with zero attached hydrogens (tertiary/aromatic N) is 5. The van der Waals surface area contributed by atoms with E-state index in [4.69, 9.17) is 17.3 Å². The van der Waals surface area contributed by atoms with Crippen LogP contribution in [0, 0.1) is 0 Å². The molecule has 104 valence electrons. The van der Waals surface area contributed by atoms with Crippen LogP contribution in [0.25, 0.3) is 5.65 Å². The molecule has 0 saturated carbocycles. The number of imidazole rings is 1. The van der Waals surface area contributed by atoms with E-state index in [0.29, 0.717) is 11.6 Å². The van der Waals surface area contributed by atoms with Crippen molar-refractivity contribution in [3.05, 3.63) is 41.1 Å². The Labute approximate surface area is 125 Å². The fourth-order valence-electron chi connectivity index (χ4n) is 1.87. The lowest BCUT2D eigenvalue weighted by molar-refractivity contribution is 0.734. The zero-order valence-electron chi connectivity index (χ0n) is 10.8. The maximum absolute atomic E-state index is 5.95. The second kappa shape index (κ2) is 5.43. The van der Waals surface area contributed by atoms with Gasteiger partial charge in [0, 0.05) is 25.2 Å². The second-order valence-corrected chi connectivity index (χ2v) is 5.67. The monoisotopic (exact) mass is 308 g/mol. The van der Waals surface area contributed by atoms with Gasteiger partial charge in [-0.15, -0.1) is 10.2 Å². The molecule has 0 aromatic carbocycles. The van der Waals surface area contributed by atoms with Gasteiger partial charge in [0.05, 0.1) is 17.3 Å². The summed E-state index contributed by atoms with van der Waals surface area (Å²) < 4.78 is 3.82. The van der Waals surface area contributed by atoms with Crippen LogP contribution in [0.1, 0.15) is 11.5 Å². The molecule has 0 atom stereocenters. The first-order valence-electron chi connectivity index (χ1n) is 6.01. The van der Waals surface area contributed by atoms with Gasteiger partial charge >= 0.3 is 0 Å². The Kier molecular flexibility index (Phi) is 3.64. The molecule has 0 radical (unpaired) electrons. The minimum absolute atomic E-state index is 0.386. The number of fused-ring (bicyclic) bond motifs is 1. The number of halogens is 1. The van der Waals surface area contributed by atoms with Crippen LogP contribution in [0.2, 0.25) is 5.02 Å². The van der Waals surface area contributed by atoms with Crippen LogP contribution < -0.4 is 5.73 Å². The number of aromatic nitrogens is 5. The number of thioether (sulfide) groups is 1. The van der Waals surface area contributed by atoms with Gasteiger partial charge < -0.3 is 14.7 Å². The molecule has 2 N–H and O–H groups in total. The number of hydrogen-bond acceptors (Lipinski definition) is 5. The molecule has 6 nitrogen and oxygen atoms in total. The van der Waals surface area contributed by atoms with Crippen LogP contribution in [0.15, 0.2) is 29.7 Å². The molecule has 0 saturated heterocycles. The Morgan fingerprint density at radius 3 is 2.90 bits per heavy atom. The van der Waals surface area contributed by atoms with E-state index in [2.05, 4.69) is 15.2 Å². The lowest BCUT2D eigenvalue weighted by atomic mass is 10.5. The number of pyridine rings is 1. The molecule has 3 aromatic rings. The minimum Gasteiger partial charge on any atom is -0.324 e. The van der Waals surface area contributed by atoms with Crippen LogP contribution in [0.4, 0.5) is 0 Å². The highest BCUT2D eigenvalue weighted by Crippen LogP contribution is 2.21. The summed E-state index contributed by atoms with van der Waals surface area (Å²) in [6.07, 6.45) is 3.81. The van der Waals surface area contributed by atoms with E-state index >= 15 is 0 Å². The topological polar surface area (TPSA) is 74.0 Å². The van der Waals surface area contributed by atoms with Crippen LogP contribution in [-0.2, 0) is 19.3 Å². The van der Waals surface area contributed by atoms with E-state index < -0.39 is 0 Å². The lowest BCUT2D eigenvalue weighted by Gasteiger charge is -2.00. The second-order valence-electron chi connectivity index (χ2n) is 4.30. The van der Waals surface area contributed by atoms with Gasteiger partial charge in [-0.3, -0.25) is 0 Å². The molecular formula is C12H13ClN6S. The zero-order valence-corrected chi connectivity index (χ0v) is 12.4. The van der Waals surface area contributed by atoms with Crippen LogP contribution in [-0.4, -0.2) is 24.1 Å². The summed E-state index contributed by atoms with van der Waals surface area (Å²) in [5.41, 5.74) is 7.42. The standard InChI is InChI=1S/C12H13ClN6S/c1-18-11(4-14)16-17-12(18)20-7-9-6-19-5-8(13)2-3-10(19)15-9/h2-3,5-6H,4,7,14H2,1H3. The van der Waals surface area contributed by atoms with Gasteiger partial charge in [0.1, 0.15) is 11.5 Å². The summed E-state index contributed by atoms with van der Waals surface area (Å²) in [5.74, 6) is 1.49. The maximum atomic E-state index is 5.95. The van der Waals surface area contributed by atoms with Gasteiger partial charge in [0.25, 0.3) is 0 Å². The van der Waals surface area contributed by atoms with E-state index in [1.54, 1.807) is 11.8 Å². The van der Waals surface area contributed by atoms with Crippen molar-refractivity contribution < 1.29 is 0 Å². The average Bonchev–Trinajstić information content (AvgIpc) is 2.99. The number of nitrogens with two attached hydrogens (primary N) is 1. The first kappa shape index (κ1) is 13.4. The molecule has 0 aliphatic carbocycles. The molecule has 0 amide bonds. The third-order valence-corrected chi connectivity index (χ3v) is 4.20. The van der Waals surface area contributed by atoms with E-state index in [1.165, 1.54) is 0 Å². The molecule has 8 heteroatoms. The van der Waals surface area contributed by atoms with Crippen LogP contribution in [0.3, 0.4) is 0 Å². The van der Waals surface area contributed by atoms with Crippen molar-refractivity contribution >= 4 is 29.0 Å². The Morgan fingerprint density at radius 2 is 2.15 bits per heavy atom. The molecule has 0 aliphatic rings. The molecule has 0 fully saturated rings. The van der Waals surface area contributed by atoms with Crippen molar-refractivity contribution in [2.75, 3.05) is 0 Å². The average molecular weight is 309 g/mol. The predicted octanol–water partition coefficient (Wildman–Crippen LogP) is 1.87. The Balaban J connectivity index is 1.77. The van der Waals surface area contributed by atoms with Crippen molar-refractivity contribution in [3.63, 3.8) is 0 Å². The van der Waals surface area contributed by atoms with Crippen molar-refractivity contribution in [1.82, 2.24) is 24.1 Å². The van der Waals surface area contributed by atoms with E-state index in [9.17, 15) is 0 Å². The summed E-state index contributed by atoms with van der Waals surface area (Å²) >= 11 is 7.53. The summed E-state index contributed by atoms with van der Waals surface area (Å²) in [6, 6.07) is 3.72. The third-order valence-electron chi connectivity index (χ3n) is 2.92. The fourth-order valence-corrected chi connectivity index (χ4v) is 2.86. The van der Waals surface area contributed by atoms with Gasteiger partial charge in [0.2, 0.25) is 0 Å².